The van der Waals surface area contributed by atoms with Crippen LogP contribution in [0.3, 0.4) is 0 Å². The molecule has 0 spiro atoms. The topological polar surface area (TPSA) is 114 Å². The molecule has 1 aromatic carbocycles. The van der Waals surface area contributed by atoms with Crippen LogP contribution in [0.2, 0.25) is 0 Å². The van der Waals surface area contributed by atoms with Gasteiger partial charge in [-0.05, 0) is 30.9 Å². The molecule has 0 unspecified atom stereocenters. The molecule has 0 bridgehead atoms. The van der Waals surface area contributed by atoms with E-state index in [1.807, 2.05) is 0 Å². The number of benzene rings is 1. The van der Waals surface area contributed by atoms with E-state index >= 15 is 0 Å². The molecule has 1 aliphatic carbocycles. The number of hydrogen-bond donors (Lipinski definition) is 3. The summed E-state index contributed by atoms with van der Waals surface area (Å²) >= 11 is 0. The number of hydrogen-bond acceptors (Lipinski definition) is 5. The lowest BCUT2D eigenvalue weighted by Gasteiger charge is -2.20. The molecule has 0 heterocycles. The molecule has 27 heavy (non-hydrogen) atoms. The van der Waals surface area contributed by atoms with Gasteiger partial charge in [0.05, 0.1) is 11.3 Å². The van der Waals surface area contributed by atoms with Crippen LogP contribution in [0.4, 0.5) is 5.69 Å². The average molecular weight is 375 g/mol. The highest BCUT2D eigenvalue weighted by molar-refractivity contribution is 6.04. The third-order valence-corrected chi connectivity index (χ3v) is 3.98. The summed E-state index contributed by atoms with van der Waals surface area (Å²) in [6, 6.07) is 6.00. The Hall–Kier alpha value is -2.90. The van der Waals surface area contributed by atoms with Gasteiger partial charge in [-0.3, -0.25) is 14.4 Å². The van der Waals surface area contributed by atoms with Gasteiger partial charge in [-0.2, -0.15) is 0 Å². The van der Waals surface area contributed by atoms with Crippen LogP contribution in [0.5, 0.6) is 0 Å². The second kappa shape index (κ2) is 9.16. The van der Waals surface area contributed by atoms with Gasteiger partial charge in [-0.15, -0.1) is 0 Å². The van der Waals surface area contributed by atoms with E-state index in [0.29, 0.717) is 11.3 Å². The molecule has 146 valence electrons. The first-order valence-corrected chi connectivity index (χ1v) is 8.91. The summed E-state index contributed by atoms with van der Waals surface area (Å²) in [5.74, 6) is -2.05. The predicted molar refractivity (Wildman–Crippen MR) is 99.0 cm³/mol. The number of para-hydroxylation sites is 1. The summed E-state index contributed by atoms with van der Waals surface area (Å²) in [4.78, 5) is 47.7. The SMILES string of the molecule is CC(=O)N[C@@H](C(=O)OCC(=O)Nc1ccccc1C(=O)NC1CC1)C(C)C. The normalized spacial score (nSPS) is 14.2. The van der Waals surface area contributed by atoms with E-state index < -0.39 is 24.5 Å². The van der Waals surface area contributed by atoms with Crippen molar-refractivity contribution in [1.29, 1.82) is 0 Å². The zero-order valence-corrected chi connectivity index (χ0v) is 15.7. The van der Waals surface area contributed by atoms with E-state index in [9.17, 15) is 19.2 Å². The Bertz CT molecular complexity index is 728. The largest absolute Gasteiger partial charge is 0.454 e. The Morgan fingerprint density at radius 1 is 1.15 bits per heavy atom. The highest BCUT2D eigenvalue weighted by atomic mass is 16.5. The van der Waals surface area contributed by atoms with Crippen molar-refractivity contribution in [2.75, 3.05) is 11.9 Å². The molecule has 1 saturated carbocycles. The second-order valence-corrected chi connectivity index (χ2v) is 6.87. The predicted octanol–water partition coefficient (Wildman–Crippen LogP) is 1.22. The van der Waals surface area contributed by atoms with E-state index in [-0.39, 0.29) is 23.8 Å². The van der Waals surface area contributed by atoms with Gasteiger partial charge in [0.25, 0.3) is 11.8 Å². The van der Waals surface area contributed by atoms with Gasteiger partial charge in [-0.1, -0.05) is 26.0 Å². The van der Waals surface area contributed by atoms with Crippen LogP contribution in [0, 0.1) is 5.92 Å². The van der Waals surface area contributed by atoms with Crippen molar-refractivity contribution in [1.82, 2.24) is 10.6 Å². The molecule has 8 nitrogen and oxygen atoms in total. The van der Waals surface area contributed by atoms with E-state index in [0.717, 1.165) is 12.8 Å². The first-order chi connectivity index (χ1) is 12.8. The van der Waals surface area contributed by atoms with Crippen LogP contribution >= 0.6 is 0 Å². The second-order valence-electron chi connectivity index (χ2n) is 6.87. The number of esters is 1. The molecule has 0 radical (unpaired) electrons. The molecule has 3 N–H and O–H groups in total. The minimum Gasteiger partial charge on any atom is -0.454 e. The standard InChI is InChI=1S/C19H25N3O5/c1-11(2)17(20-12(3)23)19(26)27-10-16(24)22-15-7-5-4-6-14(15)18(25)21-13-8-9-13/h4-7,11,13,17H,8-10H2,1-3H3,(H,20,23)(H,21,25)(H,22,24)/t17-/m1/s1. The highest BCUT2D eigenvalue weighted by Gasteiger charge is 2.26. The van der Waals surface area contributed by atoms with Gasteiger partial charge in [0, 0.05) is 13.0 Å². The Kier molecular flexibility index (Phi) is 6.92. The van der Waals surface area contributed by atoms with Crippen molar-refractivity contribution in [2.45, 2.75) is 45.7 Å². The fourth-order valence-corrected chi connectivity index (χ4v) is 2.41. The summed E-state index contributed by atoms with van der Waals surface area (Å²) < 4.78 is 5.01. The van der Waals surface area contributed by atoms with Gasteiger partial charge in [0.2, 0.25) is 5.91 Å². The maximum absolute atomic E-state index is 12.2. The average Bonchev–Trinajstić information content (AvgIpc) is 3.41. The quantitative estimate of drug-likeness (QED) is 0.591. The van der Waals surface area contributed by atoms with Crippen molar-refractivity contribution in [2.24, 2.45) is 5.92 Å². The Labute approximate surface area is 158 Å². The summed E-state index contributed by atoms with van der Waals surface area (Å²) in [7, 11) is 0. The van der Waals surface area contributed by atoms with Gasteiger partial charge in [0.15, 0.2) is 6.61 Å². The number of amides is 3. The third-order valence-electron chi connectivity index (χ3n) is 3.98. The summed E-state index contributed by atoms with van der Waals surface area (Å²) in [5.41, 5.74) is 0.696. The van der Waals surface area contributed by atoms with Crippen molar-refractivity contribution >= 4 is 29.4 Å². The van der Waals surface area contributed by atoms with Crippen LogP contribution in [-0.2, 0) is 19.1 Å². The van der Waals surface area contributed by atoms with E-state index in [4.69, 9.17) is 4.74 Å². The molecule has 1 aromatic rings. The smallest absolute Gasteiger partial charge is 0.329 e. The van der Waals surface area contributed by atoms with E-state index in [1.54, 1.807) is 38.1 Å². The molecule has 0 saturated heterocycles. The molecule has 3 amide bonds. The molecule has 8 heteroatoms. The number of carbonyl (C=O) groups excluding carboxylic acids is 4. The van der Waals surface area contributed by atoms with Gasteiger partial charge < -0.3 is 20.7 Å². The van der Waals surface area contributed by atoms with E-state index in [1.165, 1.54) is 6.92 Å². The molecule has 1 atom stereocenters. The number of nitrogens with one attached hydrogen (secondary N) is 3. The Morgan fingerprint density at radius 3 is 2.41 bits per heavy atom. The summed E-state index contributed by atoms with van der Waals surface area (Å²) in [5, 5.41) is 7.95. The molecule has 0 aliphatic heterocycles. The number of rotatable bonds is 8. The number of carbonyl (C=O) groups is 4. The summed E-state index contributed by atoms with van der Waals surface area (Å²) in [6.07, 6.45) is 1.92. The zero-order chi connectivity index (χ0) is 20.0. The van der Waals surface area contributed by atoms with Crippen molar-refractivity contribution in [3.8, 4) is 0 Å². The molecule has 2 rings (SSSR count). The lowest BCUT2D eigenvalue weighted by Crippen LogP contribution is -2.45. The summed E-state index contributed by atoms with van der Waals surface area (Å²) in [6.45, 7) is 4.31. The lowest BCUT2D eigenvalue weighted by atomic mass is 10.0. The first kappa shape index (κ1) is 20.4. The molecule has 0 aromatic heterocycles. The minimum atomic E-state index is -0.827. The number of ether oxygens (including phenoxy) is 1. The zero-order valence-electron chi connectivity index (χ0n) is 15.7. The maximum Gasteiger partial charge on any atom is 0.329 e. The molecule has 1 fully saturated rings. The van der Waals surface area contributed by atoms with Crippen LogP contribution in [0.15, 0.2) is 24.3 Å². The Balaban J connectivity index is 1.92. The van der Waals surface area contributed by atoms with Crippen LogP contribution in [0.1, 0.15) is 44.0 Å². The van der Waals surface area contributed by atoms with Gasteiger partial charge in [-0.25, -0.2) is 4.79 Å². The third kappa shape index (κ3) is 6.40. The van der Waals surface area contributed by atoms with E-state index in [2.05, 4.69) is 16.0 Å². The Morgan fingerprint density at radius 2 is 1.81 bits per heavy atom. The fourth-order valence-electron chi connectivity index (χ4n) is 2.41. The van der Waals surface area contributed by atoms with Crippen LogP contribution < -0.4 is 16.0 Å². The lowest BCUT2D eigenvalue weighted by molar-refractivity contribution is -0.151. The number of anilines is 1. The minimum absolute atomic E-state index is 0.184. The molecular formula is C19H25N3O5. The van der Waals surface area contributed by atoms with Crippen LogP contribution in [0.25, 0.3) is 0 Å². The fraction of sp³-hybridized carbons (Fsp3) is 0.474. The monoisotopic (exact) mass is 375 g/mol. The van der Waals surface area contributed by atoms with Crippen LogP contribution in [-0.4, -0.2) is 42.4 Å². The van der Waals surface area contributed by atoms with Crippen molar-refractivity contribution < 1.29 is 23.9 Å². The van der Waals surface area contributed by atoms with Gasteiger partial charge in [0.1, 0.15) is 6.04 Å². The van der Waals surface area contributed by atoms with Crippen molar-refractivity contribution in [3.05, 3.63) is 29.8 Å². The highest BCUT2D eigenvalue weighted by Crippen LogP contribution is 2.21. The first-order valence-electron chi connectivity index (χ1n) is 8.91. The molecular weight excluding hydrogens is 350 g/mol. The maximum atomic E-state index is 12.2. The van der Waals surface area contributed by atoms with Crippen molar-refractivity contribution in [3.63, 3.8) is 0 Å². The van der Waals surface area contributed by atoms with Gasteiger partial charge >= 0.3 is 5.97 Å². The molecule has 1 aliphatic rings.